The lowest BCUT2D eigenvalue weighted by Crippen LogP contribution is -2.31. The molecule has 0 spiro atoms. The SMILES string of the molecule is Cc1ccc(Nc2nc(C(=O)NCCCN3CCCC3=O)cc3occc23)cc1. The van der Waals surface area contributed by atoms with Gasteiger partial charge < -0.3 is 20.0 Å². The number of hydrogen-bond donors (Lipinski definition) is 2. The second kappa shape index (κ2) is 8.34. The van der Waals surface area contributed by atoms with Crippen molar-refractivity contribution in [2.24, 2.45) is 0 Å². The van der Waals surface area contributed by atoms with E-state index in [0.29, 0.717) is 36.6 Å². The number of likely N-dealkylation sites (tertiary alicyclic amines) is 1. The maximum Gasteiger partial charge on any atom is 0.270 e. The Bertz CT molecular complexity index is 1030. The number of nitrogens with one attached hydrogen (secondary N) is 2. The molecule has 1 aromatic carbocycles. The van der Waals surface area contributed by atoms with Gasteiger partial charge >= 0.3 is 0 Å². The summed E-state index contributed by atoms with van der Waals surface area (Å²) >= 11 is 0. The van der Waals surface area contributed by atoms with Crippen LogP contribution in [0, 0.1) is 6.92 Å². The van der Waals surface area contributed by atoms with E-state index in [0.717, 1.165) is 30.5 Å². The van der Waals surface area contributed by atoms with Crippen molar-refractivity contribution in [1.82, 2.24) is 15.2 Å². The van der Waals surface area contributed by atoms with Crippen molar-refractivity contribution in [1.29, 1.82) is 0 Å². The van der Waals surface area contributed by atoms with Crippen LogP contribution in [0.2, 0.25) is 0 Å². The highest BCUT2D eigenvalue weighted by atomic mass is 16.3. The molecule has 29 heavy (non-hydrogen) atoms. The van der Waals surface area contributed by atoms with Gasteiger partial charge in [-0.1, -0.05) is 17.7 Å². The number of nitrogens with zero attached hydrogens (tertiary/aromatic N) is 2. The van der Waals surface area contributed by atoms with E-state index in [9.17, 15) is 9.59 Å². The van der Waals surface area contributed by atoms with Gasteiger partial charge in [0.15, 0.2) is 0 Å². The first kappa shape index (κ1) is 19.0. The summed E-state index contributed by atoms with van der Waals surface area (Å²) in [5, 5.41) is 6.97. The molecule has 0 saturated carbocycles. The van der Waals surface area contributed by atoms with Crippen LogP contribution in [0.15, 0.2) is 47.1 Å². The maximum atomic E-state index is 12.6. The fraction of sp³-hybridized carbons (Fsp3) is 0.318. The van der Waals surface area contributed by atoms with Crippen molar-refractivity contribution >= 4 is 34.3 Å². The Hall–Kier alpha value is -3.35. The predicted molar refractivity (Wildman–Crippen MR) is 111 cm³/mol. The Kier molecular flexibility index (Phi) is 5.46. The molecule has 3 aromatic rings. The zero-order valence-corrected chi connectivity index (χ0v) is 16.4. The molecule has 0 radical (unpaired) electrons. The van der Waals surface area contributed by atoms with Crippen molar-refractivity contribution in [3.05, 3.63) is 53.9 Å². The van der Waals surface area contributed by atoms with Gasteiger partial charge in [-0.2, -0.15) is 0 Å². The van der Waals surface area contributed by atoms with Crippen LogP contribution in [0.25, 0.3) is 11.0 Å². The molecule has 0 aliphatic carbocycles. The first-order valence-corrected chi connectivity index (χ1v) is 9.88. The summed E-state index contributed by atoms with van der Waals surface area (Å²) in [5.74, 6) is 0.518. The number of rotatable bonds is 7. The summed E-state index contributed by atoms with van der Waals surface area (Å²) < 4.78 is 5.51. The second-order valence-electron chi connectivity index (χ2n) is 7.27. The molecule has 1 fully saturated rings. The minimum absolute atomic E-state index is 0.202. The molecule has 0 atom stereocenters. The van der Waals surface area contributed by atoms with Gasteiger partial charge in [-0.05, 0) is 38.0 Å². The third-order valence-electron chi connectivity index (χ3n) is 5.06. The second-order valence-corrected chi connectivity index (χ2v) is 7.27. The Balaban J connectivity index is 1.43. The largest absolute Gasteiger partial charge is 0.464 e. The molecule has 0 unspecified atom stereocenters. The zero-order valence-electron chi connectivity index (χ0n) is 16.4. The Morgan fingerprint density at radius 1 is 1.24 bits per heavy atom. The van der Waals surface area contributed by atoms with Gasteiger partial charge in [0.1, 0.15) is 17.1 Å². The van der Waals surface area contributed by atoms with Crippen LogP contribution in [0.4, 0.5) is 11.5 Å². The summed E-state index contributed by atoms with van der Waals surface area (Å²) in [6.45, 7) is 4.00. The third kappa shape index (κ3) is 4.39. The number of aryl methyl sites for hydroxylation is 1. The summed E-state index contributed by atoms with van der Waals surface area (Å²) in [7, 11) is 0. The number of carbonyl (C=O) groups is 2. The normalized spacial score (nSPS) is 13.8. The molecule has 150 valence electrons. The number of anilines is 2. The van der Waals surface area contributed by atoms with E-state index in [-0.39, 0.29) is 11.8 Å². The van der Waals surface area contributed by atoms with E-state index in [1.54, 1.807) is 12.3 Å². The van der Waals surface area contributed by atoms with Crippen molar-refractivity contribution in [2.75, 3.05) is 25.0 Å². The molecule has 1 aliphatic rings. The summed E-state index contributed by atoms with van der Waals surface area (Å²) in [5.41, 5.74) is 2.95. The van der Waals surface area contributed by atoms with E-state index in [1.165, 1.54) is 5.56 Å². The van der Waals surface area contributed by atoms with E-state index < -0.39 is 0 Å². The lowest BCUT2D eigenvalue weighted by atomic mass is 10.2. The van der Waals surface area contributed by atoms with Crippen LogP contribution in [-0.2, 0) is 4.79 Å². The van der Waals surface area contributed by atoms with Crippen LogP contribution in [0.1, 0.15) is 35.3 Å². The van der Waals surface area contributed by atoms with Crippen LogP contribution in [0.5, 0.6) is 0 Å². The Morgan fingerprint density at radius 3 is 2.83 bits per heavy atom. The average Bonchev–Trinajstić information content (AvgIpc) is 3.35. The number of benzene rings is 1. The van der Waals surface area contributed by atoms with Gasteiger partial charge in [-0.25, -0.2) is 4.98 Å². The van der Waals surface area contributed by atoms with Crippen molar-refractivity contribution < 1.29 is 14.0 Å². The number of hydrogen-bond acceptors (Lipinski definition) is 5. The molecule has 2 N–H and O–H groups in total. The molecule has 7 nitrogen and oxygen atoms in total. The van der Waals surface area contributed by atoms with E-state index in [1.807, 2.05) is 42.2 Å². The van der Waals surface area contributed by atoms with Crippen molar-refractivity contribution in [3.63, 3.8) is 0 Å². The molecule has 0 bridgehead atoms. The van der Waals surface area contributed by atoms with Gasteiger partial charge in [0, 0.05) is 37.8 Å². The molecule has 2 aromatic heterocycles. The molecular formula is C22H24N4O3. The highest BCUT2D eigenvalue weighted by molar-refractivity contribution is 5.99. The molecular weight excluding hydrogens is 368 g/mol. The fourth-order valence-corrected chi connectivity index (χ4v) is 3.45. The molecule has 4 rings (SSSR count). The van der Waals surface area contributed by atoms with Crippen LogP contribution in [-0.4, -0.2) is 41.3 Å². The topological polar surface area (TPSA) is 87.5 Å². The lowest BCUT2D eigenvalue weighted by molar-refractivity contribution is -0.127. The zero-order chi connectivity index (χ0) is 20.2. The number of pyridine rings is 1. The Morgan fingerprint density at radius 2 is 2.07 bits per heavy atom. The number of amides is 2. The smallest absolute Gasteiger partial charge is 0.270 e. The van der Waals surface area contributed by atoms with E-state index in [2.05, 4.69) is 15.6 Å². The number of aromatic nitrogens is 1. The van der Waals surface area contributed by atoms with Crippen molar-refractivity contribution in [3.8, 4) is 0 Å². The average molecular weight is 392 g/mol. The standard InChI is InChI=1S/C22H24N4O3/c1-15-5-7-16(8-6-15)24-21-17-9-13-29-19(17)14-18(25-21)22(28)23-10-3-12-26-11-2-4-20(26)27/h5-9,13-14H,2-4,10-12H2,1H3,(H,23,28)(H,24,25). The van der Waals surface area contributed by atoms with Crippen LogP contribution < -0.4 is 10.6 Å². The van der Waals surface area contributed by atoms with E-state index in [4.69, 9.17) is 4.42 Å². The van der Waals surface area contributed by atoms with Gasteiger partial charge in [0.05, 0.1) is 11.6 Å². The molecule has 1 aliphatic heterocycles. The monoisotopic (exact) mass is 392 g/mol. The minimum atomic E-state index is -0.261. The highest BCUT2D eigenvalue weighted by Crippen LogP contribution is 2.26. The summed E-state index contributed by atoms with van der Waals surface area (Å²) in [6, 6.07) is 11.4. The van der Waals surface area contributed by atoms with E-state index >= 15 is 0 Å². The lowest BCUT2D eigenvalue weighted by Gasteiger charge is -2.15. The molecule has 7 heteroatoms. The fourth-order valence-electron chi connectivity index (χ4n) is 3.45. The van der Waals surface area contributed by atoms with Gasteiger partial charge in [-0.3, -0.25) is 9.59 Å². The van der Waals surface area contributed by atoms with Crippen LogP contribution >= 0.6 is 0 Å². The van der Waals surface area contributed by atoms with Crippen molar-refractivity contribution in [2.45, 2.75) is 26.2 Å². The molecule has 3 heterocycles. The molecule has 2 amide bonds. The highest BCUT2D eigenvalue weighted by Gasteiger charge is 2.19. The summed E-state index contributed by atoms with van der Waals surface area (Å²) in [4.78, 5) is 30.6. The molecule has 1 saturated heterocycles. The quantitative estimate of drug-likeness (QED) is 0.600. The predicted octanol–water partition coefficient (Wildman–Crippen LogP) is 3.62. The van der Waals surface area contributed by atoms with Crippen LogP contribution in [0.3, 0.4) is 0 Å². The third-order valence-corrected chi connectivity index (χ3v) is 5.06. The summed E-state index contributed by atoms with van der Waals surface area (Å²) in [6.07, 6.45) is 3.86. The first-order chi connectivity index (χ1) is 14.1. The van der Waals surface area contributed by atoms with Gasteiger partial charge in [0.25, 0.3) is 5.91 Å². The first-order valence-electron chi connectivity index (χ1n) is 9.88. The van der Waals surface area contributed by atoms with Gasteiger partial charge in [0.2, 0.25) is 5.91 Å². The maximum absolute atomic E-state index is 12.6. The number of carbonyl (C=O) groups excluding carboxylic acids is 2. The Labute approximate surface area is 169 Å². The van der Waals surface area contributed by atoms with Gasteiger partial charge in [-0.15, -0.1) is 0 Å². The number of fused-ring (bicyclic) bond motifs is 1. The minimum Gasteiger partial charge on any atom is -0.464 e. The number of furan rings is 1.